The summed E-state index contributed by atoms with van der Waals surface area (Å²) in [5, 5.41) is 14.8. The van der Waals surface area contributed by atoms with E-state index in [0.29, 0.717) is 6.42 Å². The quantitative estimate of drug-likeness (QED) is 0.715. The minimum Gasteiger partial charge on any atom is -0.396 e. The third-order valence-corrected chi connectivity index (χ3v) is 0.940. The van der Waals surface area contributed by atoms with Crippen molar-refractivity contribution in [2.24, 2.45) is 0 Å². The molecule has 0 aliphatic heterocycles. The van der Waals surface area contributed by atoms with E-state index in [9.17, 15) is 0 Å². The third kappa shape index (κ3) is 3.71. The fourth-order valence-electron chi connectivity index (χ4n) is 0.544. The first-order valence-electron chi connectivity index (χ1n) is 2.52. The van der Waals surface area contributed by atoms with Crippen molar-refractivity contribution in [3.8, 4) is 0 Å². The predicted molar refractivity (Wildman–Crippen MR) is 43.9 cm³/mol. The van der Waals surface area contributed by atoms with Gasteiger partial charge in [-0.05, 0) is 6.07 Å². The van der Waals surface area contributed by atoms with Crippen LogP contribution in [0.1, 0.15) is 5.69 Å². The van der Waals surface area contributed by atoms with Crippen LogP contribution < -0.4 is 0 Å². The molecule has 0 saturated carbocycles. The van der Waals surface area contributed by atoms with E-state index in [4.69, 9.17) is 5.11 Å². The standard InChI is InChI=1S/C5H8N2O.2ClH/c8-4-2-5-1-3-6-7-5;;/h1,3,8H,2,4H2,(H,6,7);2*1H. The van der Waals surface area contributed by atoms with Crippen molar-refractivity contribution in [1.82, 2.24) is 10.2 Å². The number of nitrogens with zero attached hydrogens (tertiary/aromatic N) is 1. The fraction of sp³-hybridized carbons (Fsp3) is 0.400. The molecule has 0 bridgehead atoms. The monoisotopic (exact) mass is 184 g/mol. The molecular formula is C5H10Cl2N2O. The van der Waals surface area contributed by atoms with E-state index in [0.717, 1.165) is 5.69 Å². The van der Waals surface area contributed by atoms with Crippen molar-refractivity contribution in [3.63, 3.8) is 0 Å². The van der Waals surface area contributed by atoms with Gasteiger partial charge in [0.15, 0.2) is 0 Å². The molecule has 1 aromatic heterocycles. The van der Waals surface area contributed by atoms with Gasteiger partial charge in [-0.2, -0.15) is 5.10 Å². The Kier molecular flexibility index (Phi) is 8.53. The SMILES string of the molecule is Cl.Cl.OCCc1ccn[nH]1. The number of H-pyrrole nitrogens is 1. The Hall–Kier alpha value is -0.250. The minimum atomic E-state index is 0. The molecular weight excluding hydrogens is 175 g/mol. The second-order valence-corrected chi connectivity index (χ2v) is 1.56. The van der Waals surface area contributed by atoms with Crippen LogP contribution in [-0.2, 0) is 6.42 Å². The maximum absolute atomic E-state index is 8.39. The minimum absolute atomic E-state index is 0. The first-order valence-corrected chi connectivity index (χ1v) is 2.52. The molecule has 0 atom stereocenters. The highest BCUT2D eigenvalue weighted by molar-refractivity contribution is 5.85. The number of aliphatic hydroxyl groups is 1. The van der Waals surface area contributed by atoms with E-state index in [-0.39, 0.29) is 31.4 Å². The molecule has 1 rings (SSSR count). The number of rotatable bonds is 2. The number of nitrogens with one attached hydrogen (secondary N) is 1. The molecule has 0 unspecified atom stereocenters. The van der Waals surface area contributed by atoms with Crippen molar-refractivity contribution in [2.75, 3.05) is 6.61 Å². The number of aliphatic hydroxyl groups excluding tert-OH is 1. The largest absolute Gasteiger partial charge is 0.396 e. The lowest BCUT2D eigenvalue weighted by Crippen LogP contribution is -1.89. The van der Waals surface area contributed by atoms with Crippen LogP contribution in [0.5, 0.6) is 0 Å². The number of hydrogen-bond acceptors (Lipinski definition) is 2. The van der Waals surface area contributed by atoms with Gasteiger partial charge in [-0.25, -0.2) is 0 Å². The number of aromatic nitrogens is 2. The van der Waals surface area contributed by atoms with Gasteiger partial charge in [0.2, 0.25) is 0 Å². The van der Waals surface area contributed by atoms with Crippen molar-refractivity contribution < 1.29 is 5.11 Å². The second-order valence-electron chi connectivity index (χ2n) is 1.56. The second kappa shape index (κ2) is 6.86. The van der Waals surface area contributed by atoms with E-state index in [1.54, 1.807) is 6.20 Å². The summed E-state index contributed by atoms with van der Waals surface area (Å²) >= 11 is 0. The van der Waals surface area contributed by atoms with Gasteiger partial charge in [0.25, 0.3) is 0 Å². The van der Waals surface area contributed by atoms with Crippen LogP contribution in [0.4, 0.5) is 0 Å². The Labute approximate surface area is 71.7 Å². The van der Waals surface area contributed by atoms with Gasteiger partial charge < -0.3 is 5.11 Å². The summed E-state index contributed by atoms with van der Waals surface area (Å²) in [6.07, 6.45) is 2.34. The molecule has 0 spiro atoms. The molecule has 0 saturated heterocycles. The van der Waals surface area contributed by atoms with Gasteiger partial charge in [0.1, 0.15) is 0 Å². The highest BCUT2D eigenvalue weighted by atomic mass is 35.5. The summed E-state index contributed by atoms with van der Waals surface area (Å²) < 4.78 is 0. The van der Waals surface area contributed by atoms with Gasteiger partial charge in [-0.15, -0.1) is 24.8 Å². The molecule has 1 heterocycles. The van der Waals surface area contributed by atoms with Crippen molar-refractivity contribution in [3.05, 3.63) is 18.0 Å². The molecule has 0 aliphatic rings. The molecule has 60 valence electrons. The summed E-state index contributed by atoms with van der Waals surface area (Å²) in [5.74, 6) is 0. The normalized spacial score (nSPS) is 7.70. The molecule has 0 radical (unpaired) electrons. The number of hydrogen-bond donors (Lipinski definition) is 2. The lowest BCUT2D eigenvalue weighted by Gasteiger charge is -1.85. The summed E-state index contributed by atoms with van der Waals surface area (Å²) in [4.78, 5) is 0. The topological polar surface area (TPSA) is 48.9 Å². The van der Waals surface area contributed by atoms with E-state index in [2.05, 4.69) is 10.2 Å². The van der Waals surface area contributed by atoms with Crippen LogP contribution in [0.25, 0.3) is 0 Å². The van der Waals surface area contributed by atoms with Gasteiger partial charge in [0, 0.05) is 24.9 Å². The number of halogens is 2. The van der Waals surface area contributed by atoms with Crippen LogP contribution >= 0.6 is 24.8 Å². The molecule has 1 aromatic rings. The molecule has 3 nitrogen and oxygen atoms in total. The molecule has 0 aromatic carbocycles. The van der Waals surface area contributed by atoms with E-state index in [1.165, 1.54) is 0 Å². The average Bonchev–Trinajstić information content (AvgIpc) is 2.19. The number of aromatic amines is 1. The van der Waals surface area contributed by atoms with Gasteiger partial charge in [0.05, 0.1) is 0 Å². The Morgan fingerprint density at radius 2 is 2.20 bits per heavy atom. The summed E-state index contributed by atoms with van der Waals surface area (Å²) in [6.45, 7) is 0.183. The highest BCUT2D eigenvalue weighted by Gasteiger charge is 1.87. The Bertz CT molecular complexity index is 143. The molecule has 0 aliphatic carbocycles. The maximum atomic E-state index is 8.39. The zero-order valence-electron chi connectivity index (χ0n) is 5.28. The van der Waals surface area contributed by atoms with Crippen LogP contribution in [0, 0.1) is 0 Å². The third-order valence-electron chi connectivity index (χ3n) is 0.940. The fourth-order valence-corrected chi connectivity index (χ4v) is 0.544. The van der Waals surface area contributed by atoms with Crippen LogP contribution in [0.3, 0.4) is 0 Å². The maximum Gasteiger partial charge on any atom is 0.0490 e. The molecule has 0 amide bonds. The molecule has 2 N–H and O–H groups in total. The summed E-state index contributed by atoms with van der Waals surface area (Å²) in [7, 11) is 0. The first-order chi connectivity index (χ1) is 3.93. The van der Waals surface area contributed by atoms with Gasteiger partial charge in [-0.1, -0.05) is 0 Å². The van der Waals surface area contributed by atoms with Crippen molar-refractivity contribution in [2.45, 2.75) is 6.42 Å². The van der Waals surface area contributed by atoms with E-state index in [1.807, 2.05) is 6.07 Å². The molecule has 0 fully saturated rings. The summed E-state index contributed by atoms with van der Waals surface area (Å²) in [5.41, 5.74) is 0.979. The molecule has 5 heteroatoms. The lowest BCUT2D eigenvalue weighted by atomic mass is 10.3. The van der Waals surface area contributed by atoms with Crippen LogP contribution in [0.15, 0.2) is 12.3 Å². The Morgan fingerprint density at radius 1 is 1.50 bits per heavy atom. The van der Waals surface area contributed by atoms with Crippen LogP contribution in [0.2, 0.25) is 0 Å². The smallest absolute Gasteiger partial charge is 0.0490 e. The molecule has 10 heavy (non-hydrogen) atoms. The van der Waals surface area contributed by atoms with Crippen molar-refractivity contribution in [1.29, 1.82) is 0 Å². The van der Waals surface area contributed by atoms with Crippen molar-refractivity contribution >= 4 is 24.8 Å². The lowest BCUT2D eigenvalue weighted by molar-refractivity contribution is 0.298. The Balaban J connectivity index is 0. The predicted octanol–water partition coefficient (Wildman–Crippen LogP) is 0.788. The highest BCUT2D eigenvalue weighted by Crippen LogP contribution is 1.89. The zero-order valence-corrected chi connectivity index (χ0v) is 6.91. The van der Waals surface area contributed by atoms with Gasteiger partial charge >= 0.3 is 0 Å². The van der Waals surface area contributed by atoms with E-state index < -0.39 is 0 Å². The van der Waals surface area contributed by atoms with Crippen LogP contribution in [-0.4, -0.2) is 21.9 Å². The van der Waals surface area contributed by atoms with Gasteiger partial charge in [-0.3, -0.25) is 5.10 Å². The first kappa shape index (κ1) is 12.4. The Morgan fingerprint density at radius 3 is 2.60 bits per heavy atom. The average molecular weight is 185 g/mol. The zero-order chi connectivity index (χ0) is 5.82. The summed E-state index contributed by atoms with van der Waals surface area (Å²) in [6, 6.07) is 1.84. The van der Waals surface area contributed by atoms with E-state index >= 15 is 0 Å².